The van der Waals surface area contributed by atoms with E-state index in [9.17, 15) is 4.79 Å². The van der Waals surface area contributed by atoms with Crippen molar-refractivity contribution in [2.24, 2.45) is 0 Å². The molecule has 1 aromatic rings. The van der Waals surface area contributed by atoms with E-state index in [1.807, 2.05) is 11.8 Å². The van der Waals surface area contributed by atoms with Crippen LogP contribution in [-0.4, -0.2) is 50.4 Å². The predicted molar refractivity (Wildman–Crippen MR) is 103 cm³/mol. The van der Waals surface area contributed by atoms with Crippen LogP contribution in [0.1, 0.15) is 56.7 Å². The quantitative estimate of drug-likeness (QED) is 0.881. The largest absolute Gasteiger partial charge is 0.486 e. The molecule has 0 aromatic heterocycles. The Morgan fingerprint density at radius 1 is 1.30 bits per heavy atom. The second-order valence-corrected chi connectivity index (χ2v) is 8.18. The van der Waals surface area contributed by atoms with Gasteiger partial charge in [-0.25, -0.2) is 4.79 Å². The highest BCUT2D eigenvalue weighted by Crippen LogP contribution is 2.51. The third kappa shape index (κ3) is 3.24. The number of hydrogen-bond acceptors (Lipinski definition) is 4. The zero-order chi connectivity index (χ0) is 19.0. The van der Waals surface area contributed by atoms with Gasteiger partial charge in [0.1, 0.15) is 13.2 Å². The molecule has 1 aliphatic carbocycles. The van der Waals surface area contributed by atoms with Gasteiger partial charge in [-0.05, 0) is 49.9 Å². The first-order chi connectivity index (χ1) is 13.0. The molecule has 1 aromatic carbocycles. The van der Waals surface area contributed by atoms with E-state index >= 15 is 0 Å². The first-order valence-electron chi connectivity index (χ1n) is 10.0. The average molecular weight is 374 g/mol. The van der Waals surface area contributed by atoms with Gasteiger partial charge in [0.25, 0.3) is 0 Å². The summed E-state index contributed by atoms with van der Waals surface area (Å²) in [5, 5.41) is 3.09. The number of fused-ring (bicyclic) bond motifs is 3. The highest BCUT2D eigenvalue weighted by Gasteiger charge is 2.46. The monoisotopic (exact) mass is 374 g/mol. The second kappa shape index (κ2) is 7.23. The Balaban J connectivity index is 1.69. The van der Waals surface area contributed by atoms with Crippen LogP contribution in [0.15, 0.2) is 12.1 Å². The van der Waals surface area contributed by atoms with Gasteiger partial charge in [-0.15, -0.1) is 0 Å². The number of nitrogens with zero attached hydrogens (tertiary/aromatic N) is 1. The van der Waals surface area contributed by atoms with Crippen LogP contribution in [0.5, 0.6) is 11.5 Å². The summed E-state index contributed by atoms with van der Waals surface area (Å²) in [4.78, 5) is 15.0. The molecule has 1 N–H and O–H groups in total. The summed E-state index contributed by atoms with van der Waals surface area (Å²) in [6, 6.07) is 4.26. The summed E-state index contributed by atoms with van der Waals surface area (Å²) >= 11 is 0. The summed E-state index contributed by atoms with van der Waals surface area (Å²) in [7, 11) is 1.65. The fraction of sp³-hybridized carbons (Fsp3) is 0.667. The van der Waals surface area contributed by atoms with Gasteiger partial charge in [0.15, 0.2) is 11.5 Å². The van der Waals surface area contributed by atoms with Crippen LogP contribution in [-0.2, 0) is 10.2 Å². The van der Waals surface area contributed by atoms with Crippen molar-refractivity contribution in [2.45, 2.75) is 57.0 Å². The van der Waals surface area contributed by atoms with E-state index in [2.05, 4.69) is 24.4 Å². The minimum atomic E-state index is -0.0177. The number of hydrogen-bond donors (Lipinski definition) is 1. The molecule has 4 rings (SSSR count). The Hall–Kier alpha value is -1.95. The van der Waals surface area contributed by atoms with Gasteiger partial charge in [0.05, 0.1) is 18.7 Å². The molecular formula is C21H30N2O4. The Morgan fingerprint density at radius 3 is 2.63 bits per heavy atom. The highest BCUT2D eigenvalue weighted by atomic mass is 16.6. The van der Waals surface area contributed by atoms with Crippen molar-refractivity contribution in [3.8, 4) is 11.5 Å². The zero-order valence-electron chi connectivity index (χ0n) is 16.5. The number of carbonyl (C=O) groups is 1. The molecule has 1 spiro atoms. The Morgan fingerprint density at radius 2 is 1.96 bits per heavy atom. The van der Waals surface area contributed by atoms with Gasteiger partial charge >= 0.3 is 6.03 Å². The molecule has 1 saturated carbocycles. The third-order valence-corrected chi connectivity index (χ3v) is 6.28. The third-order valence-electron chi connectivity index (χ3n) is 6.28. The number of amides is 2. The molecule has 148 valence electrons. The lowest BCUT2D eigenvalue weighted by Crippen LogP contribution is -2.53. The average Bonchev–Trinajstić information content (AvgIpc) is 3.13. The number of urea groups is 1. The number of carbonyl (C=O) groups excluding carboxylic acids is 1. The number of ether oxygens (including phenoxy) is 3. The van der Waals surface area contributed by atoms with Crippen LogP contribution in [0.25, 0.3) is 0 Å². The molecule has 27 heavy (non-hydrogen) atoms. The van der Waals surface area contributed by atoms with E-state index in [1.165, 1.54) is 24.0 Å². The van der Waals surface area contributed by atoms with Gasteiger partial charge in [-0.3, -0.25) is 0 Å². The van der Waals surface area contributed by atoms with Gasteiger partial charge < -0.3 is 24.4 Å². The molecule has 2 heterocycles. The van der Waals surface area contributed by atoms with E-state index in [-0.39, 0.29) is 23.5 Å². The van der Waals surface area contributed by atoms with E-state index in [1.54, 1.807) is 7.11 Å². The van der Waals surface area contributed by atoms with Gasteiger partial charge in [-0.1, -0.05) is 12.8 Å². The molecule has 0 unspecified atom stereocenters. The van der Waals surface area contributed by atoms with Crippen LogP contribution in [0.3, 0.4) is 0 Å². The van der Waals surface area contributed by atoms with E-state index < -0.39 is 0 Å². The van der Waals surface area contributed by atoms with Crippen molar-refractivity contribution >= 4 is 6.03 Å². The Bertz CT molecular complexity index is 714. The standard InChI is InChI=1S/C21H30N2O4/c1-14(12-25-3)22-20(24)23-13-21(6-4-5-7-21)17-11-19-18(26-8-9-27-19)10-16(17)15(23)2/h10-11,14-15H,4-9,12-13H2,1-3H3,(H,22,24)/t14-,15+/m0/s1. The van der Waals surface area contributed by atoms with Crippen LogP contribution in [0, 0.1) is 0 Å². The lowest BCUT2D eigenvalue weighted by atomic mass is 9.71. The van der Waals surface area contributed by atoms with Crippen LogP contribution < -0.4 is 14.8 Å². The lowest BCUT2D eigenvalue weighted by molar-refractivity contribution is 0.128. The first-order valence-corrected chi connectivity index (χ1v) is 10.0. The molecule has 6 heteroatoms. The lowest BCUT2D eigenvalue weighted by Gasteiger charge is -2.46. The second-order valence-electron chi connectivity index (χ2n) is 8.18. The van der Waals surface area contributed by atoms with Crippen LogP contribution in [0.2, 0.25) is 0 Å². The van der Waals surface area contributed by atoms with Gasteiger partial charge in [-0.2, -0.15) is 0 Å². The summed E-state index contributed by atoms with van der Waals surface area (Å²) < 4.78 is 16.8. The summed E-state index contributed by atoms with van der Waals surface area (Å²) in [5.41, 5.74) is 2.58. The molecule has 2 aliphatic heterocycles. The smallest absolute Gasteiger partial charge is 0.318 e. The number of nitrogens with one attached hydrogen (secondary N) is 1. The van der Waals surface area contributed by atoms with Crippen molar-refractivity contribution < 1.29 is 19.0 Å². The number of methoxy groups -OCH3 is 1. The minimum absolute atomic E-state index is 0.00297. The first kappa shape index (κ1) is 18.4. The van der Waals surface area contributed by atoms with Gasteiger partial charge in [0, 0.05) is 19.1 Å². The zero-order valence-corrected chi connectivity index (χ0v) is 16.5. The highest BCUT2D eigenvalue weighted by molar-refractivity contribution is 5.76. The summed E-state index contributed by atoms with van der Waals surface area (Å²) in [5.74, 6) is 1.65. The molecular weight excluding hydrogens is 344 g/mol. The fourth-order valence-electron chi connectivity index (χ4n) is 4.94. The van der Waals surface area contributed by atoms with E-state index in [0.717, 1.165) is 30.9 Å². The van der Waals surface area contributed by atoms with E-state index in [4.69, 9.17) is 14.2 Å². The maximum Gasteiger partial charge on any atom is 0.318 e. The van der Waals surface area contributed by atoms with Crippen molar-refractivity contribution in [3.63, 3.8) is 0 Å². The molecule has 2 amide bonds. The molecule has 1 fully saturated rings. The minimum Gasteiger partial charge on any atom is -0.486 e. The summed E-state index contributed by atoms with van der Waals surface area (Å²) in [6.07, 6.45) is 4.64. The Labute approximate surface area is 161 Å². The molecule has 3 aliphatic rings. The predicted octanol–water partition coefficient (Wildman–Crippen LogP) is 3.39. The maximum atomic E-state index is 13.0. The van der Waals surface area contributed by atoms with Crippen molar-refractivity contribution in [2.75, 3.05) is 33.5 Å². The van der Waals surface area contributed by atoms with Crippen molar-refractivity contribution in [1.82, 2.24) is 10.2 Å². The van der Waals surface area contributed by atoms with Crippen molar-refractivity contribution in [3.05, 3.63) is 23.3 Å². The van der Waals surface area contributed by atoms with Crippen LogP contribution >= 0.6 is 0 Å². The SMILES string of the molecule is COC[C@H](C)NC(=O)N1CC2(CCCC2)c2cc3c(cc2[C@H]1C)OCCO3. The number of rotatable bonds is 3. The van der Waals surface area contributed by atoms with Crippen molar-refractivity contribution in [1.29, 1.82) is 0 Å². The maximum absolute atomic E-state index is 13.0. The molecule has 0 saturated heterocycles. The summed E-state index contributed by atoms with van der Waals surface area (Å²) in [6.45, 7) is 6.51. The van der Waals surface area contributed by atoms with Crippen LogP contribution in [0.4, 0.5) is 4.79 Å². The molecule has 2 atom stereocenters. The normalized spacial score (nSPS) is 23.8. The topological polar surface area (TPSA) is 60.0 Å². The molecule has 0 radical (unpaired) electrons. The van der Waals surface area contributed by atoms with Gasteiger partial charge in [0.2, 0.25) is 0 Å². The van der Waals surface area contributed by atoms with E-state index in [0.29, 0.717) is 19.8 Å². The molecule has 6 nitrogen and oxygen atoms in total. The fourth-order valence-corrected chi connectivity index (χ4v) is 4.94. The Kier molecular flexibility index (Phi) is 4.93. The molecule has 0 bridgehead atoms. The number of benzene rings is 1.